The third kappa shape index (κ3) is 5.77. The van der Waals surface area contributed by atoms with Gasteiger partial charge in [-0.1, -0.05) is 69.2 Å². The fourth-order valence-electron chi connectivity index (χ4n) is 1.81. The predicted octanol–water partition coefficient (Wildman–Crippen LogP) is 4.73. The molecule has 114 valence electrons. The summed E-state index contributed by atoms with van der Waals surface area (Å²) in [5.41, 5.74) is 0. The zero-order valence-electron chi connectivity index (χ0n) is 12.9. The van der Waals surface area contributed by atoms with Gasteiger partial charge < -0.3 is 0 Å². The maximum atomic E-state index is 12.6. The third-order valence-corrected chi connectivity index (χ3v) is 4.84. The molecule has 21 heavy (non-hydrogen) atoms. The standard InChI is InChI=1S/C18H24O2S/c1-3-5-7-10-14-17(13-9-6-4-2)21(19,20)18-15-11-8-12-16-18/h8,11-13,15-16H,3-7,9H2,1-2H3/b17-13-. The summed E-state index contributed by atoms with van der Waals surface area (Å²) in [5.74, 6) is 5.87. The zero-order chi connectivity index (χ0) is 15.6. The van der Waals surface area contributed by atoms with Crippen molar-refractivity contribution in [1.29, 1.82) is 0 Å². The highest BCUT2D eigenvalue weighted by molar-refractivity contribution is 7.95. The summed E-state index contributed by atoms with van der Waals surface area (Å²) in [6, 6.07) is 8.53. The van der Waals surface area contributed by atoms with Crippen molar-refractivity contribution in [3.8, 4) is 11.8 Å². The lowest BCUT2D eigenvalue weighted by molar-refractivity contribution is 0.603. The molecule has 1 aromatic carbocycles. The first-order valence-electron chi connectivity index (χ1n) is 7.62. The van der Waals surface area contributed by atoms with Crippen molar-refractivity contribution in [2.75, 3.05) is 0 Å². The van der Waals surface area contributed by atoms with E-state index in [-0.39, 0.29) is 4.91 Å². The lowest BCUT2D eigenvalue weighted by Gasteiger charge is -2.04. The van der Waals surface area contributed by atoms with Crippen LogP contribution in [0.2, 0.25) is 0 Å². The van der Waals surface area contributed by atoms with Gasteiger partial charge in [-0.3, -0.25) is 0 Å². The first kappa shape index (κ1) is 17.5. The molecule has 0 N–H and O–H groups in total. The summed E-state index contributed by atoms with van der Waals surface area (Å²) in [4.78, 5) is 0.566. The van der Waals surface area contributed by atoms with Crippen molar-refractivity contribution in [2.45, 2.75) is 57.3 Å². The molecule has 0 unspecified atom stereocenters. The SMILES string of the molecule is CCCCC#C/C(=C/CCCC)S(=O)(=O)c1ccccc1. The lowest BCUT2D eigenvalue weighted by atomic mass is 10.2. The molecule has 0 spiro atoms. The van der Waals surface area contributed by atoms with Crippen molar-refractivity contribution in [1.82, 2.24) is 0 Å². The van der Waals surface area contributed by atoms with Crippen LogP contribution in [0.15, 0.2) is 46.2 Å². The minimum atomic E-state index is -3.48. The molecular weight excluding hydrogens is 280 g/mol. The molecule has 0 saturated carbocycles. The average Bonchev–Trinajstić information content (AvgIpc) is 2.50. The van der Waals surface area contributed by atoms with Crippen molar-refractivity contribution >= 4 is 9.84 Å². The van der Waals surface area contributed by atoms with Gasteiger partial charge in [0.25, 0.3) is 0 Å². The van der Waals surface area contributed by atoms with Gasteiger partial charge in [0.05, 0.1) is 4.90 Å². The Hall–Kier alpha value is -1.53. The molecule has 0 heterocycles. The van der Waals surface area contributed by atoms with E-state index in [1.807, 2.05) is 6.07 Å². The molecule has 0 atom stereocenters. The fourth-order valence-corrected chi connectivity index (χ4v) is 3.12. The summed E-state index contributed by atoms with van der Waals surface area (Å²) in [6.45, 7) is 4.19. The maximum absolute atomic E-state index is 12.6. The normalized spacial score (nSPS) is 11.8. The average molecular weight is 304 g/mol. The highest BCUT2D eigenvalue weighted by Gasteiger charge is 2.18. The van der Waals surface area contributed by atoms with E-state index in [1.54, 1.807) is 30.3 Å². The molecule has 0 aliphatic rings. The molecule has 0 fully saturated rings. The Bertz CT molecular complexity index is 602. The molecule has 0 aliphatic carbocycles. The number of allylic oxidation sites excluding steroid dienone is 2. The highest BCUT2D eigenvalue weighted by Crippen LogP contribution is 2.19. The van der Waals surface area contributed by atoms with E-state index in [4.69, 9.17) is 0 Å². The second-order valence-electron chi connectivity index (χ2n) is 4.93. The van der Waals surface area contributed by atoms with Gasteiger partial charge in [0.2, 0.25) is 9.84 Å². The number of sulfone groups is 1. The Morgan fingerprint density at radius 3 is 2.38 bits per heavy atom. The monoisotopic (exact) mass is 304 g/mol. The largest absolute Gasteiger partial charge is 0.218 e. The van der Waals surface area contributed by atoms with Gasteiger partial charge >= 0.3 is 0 Å². The van der Waals surface area contributed by atoms with Gasteiger partial charge in [-0.05, 0) is 25.0 Å². The van der Waals surface area contributed by atoms with Gasteiger partial charge in [0.1, 0.15) is 4.91 Å². The summed E-state index contributed by atoms with van der Waals surface area (Å²) < 4.78 is 25.2. The second-order valence-corrected chi connectivity index (χ2v) is 6.85. The molecule has 0 amide bonds. The molecule has 1 rings (SSSR count). The number of hydrogen-bond donors (Lipinski definition) is 0. The van der Waals surface area contributed by atoms with Crippen LogP contribution in [0.5, 0.6) is 0 Å². The Labute approximate surface area is 129 Å². The fraction of sp³-hybridized carbons (Fsp3) is 0.444. The molecule has 0 aliphatic heterocycles. The number of benzene rings is 1. The Balaban J connectivity index is 3.04. The van der Waals surface area contributed by atoms with Gasteiger partial charge in [-0.15, -0.1) is 0 Å². The predicted molar refractivity (Wildman–Crippen MR) is 88.5 cm³/mol. The molecule has 1 aromatic rings. The minimum absolute atomic E-state index is 0.248. The van der Waals surface area contributed by atoms with Crippen LogP contribution in [0.4, 0.5) is 0 Å². The molecule has 0 radical (unpaired) electrons. The van der Waals surface area contributed by atoms with Crippen LogP contribution in [-0.2, 0) is 9.84 Å². The van der Waals surface area contributed by atoms with E-state index in [9.17, 15) is 8.42 Å². The van der Waals surface area contributed by atoms with Crippen LogP contribution in [0.25, 0.3) is 0 Å². The van der Waals surface area contributed by atoms with Crippen LogP contribution >= 0.6 is 0 Å². The number of rotatable bonds is 7. The van der Waals surface area contributed by atoms with Gasteiger partial charge in [0.15, 0.2) is 0 Å². The smallest absolute Gasteiger partial charge is 0.214 e. The Kier molecular flexibility index (Phi) is 7.85. The Morgan fingerprint density at radius 2 is 1.76 bits per heavy atom. The Morgan fingerprint density at radius 1 is 1.10 bits per heavy atom. The van der Waals surface area contributed by atoms with E-state index in [1.165, 1.54) is 0 Å². The molecule has 3 heteroatoms. The summed E-state index contributed by atoms with van der Waals surface area (Å²) in [6.07, 6.45) is 7.34. The summed E-state index contributed by atoms with van der Waals surface area (Å²) in [5, 5.41) is 0. The van der Waals surface area contributed by atoms with Crippen molar-refractivity contribution in [2.24, 2.45) is 0 Å². The van der Waals surface area contributed by atoms with Crippen LogP contribution in [0.1, 0.15) is 52.4 Å². The molecule has 0 saturated heterocycles. The quantitative estimate of drug-likeness (QED) is 0.539. The molecule has 0 aromatic heterocycles. The molecule has 0 bridgehead atoms. The minimum Gasteiger partial charge on any atom is -0.218 e. The number of hydrogen-bond acceptors (Lipinski definition) is 2. The first-order valence-corrected chi connectivity index (χ1v) is 9.10. The van der Waals surface area contributed by atoms with Crippen LogP contribution in [-0.4, -0.2) is 8.42 Å². The van der Waals surface area contributed by atoms with E-state index in [0.29, 0.717) is 4.90 Å². The van der Waals surface area contributed by atoms with E-state index < -0.39 is 9.84 Å². The van der Waals surface area contributed by atoms with Crippen molar-refractivity contribution < 1.29 is 8.42 Å². The van der Waals surface area contributed by atoms with E-state index >= 15 is 0 Å². The van der Waals surface area contributed by atoms with Gasteiger partial charge in [0, 0.05) is 6.42 Å². The maximum Gasteiger partial charge on any atom is 0.214 e. The lowest BCUT2D eigenvalue weighted by Crippen LogP contribution is -2.03. The van der Waals surface area contributed by atoms with Crippen molar-refractivity contribution in [3.05, 3.63) is 41.3 Å². The van der Waals surface area contributed by atoms with Crippen LogP contribution in [0.3, 0.4) is 0 Å². The van der Waals surface area contributed by atoms with Crippen LogP contribution < -0.4 is 0 Å². The summed E-state index contributed by atoms with van der Waals surface area (Å²) >= 11 is 0. The number of unbranched alkanes of at least 4 members (excludes halogenated alkanes) is 4. The van der Waals surface area contributed by atoms with Crippen LogP contribution in [0, 0.1) is 11.8 Å². The first-order chi connectivity index (χ1) is 10.1. The zero-order valence-corrected chi connectivity index (χ0v) is 13.7. The van der Waals surface area contributed by atoms with Crippen molar-refractivity contribution in [3.63, 3.8) is 0 Å². The van der Waals surface area contributed by atoms with Gasteiger partial charge in [-0.25, -0.2) is 8.42 Å². The molecular formula is C18H24O2S. The summed E-state index contributed by atoms with van der Waals surface area (Å²) in [7, 11) is -3.48. The van der Waals surface area contributed by atoms with E-state index in [2.05, 4.69) is 25.7 Å². The topological polar surface area (TPSA) is 34.1 Å². The second kappa shape index (κ2) is 9.41. The van der Waals surface area contributed by atoms with E-state index in [0.717, 1.165) is 38.5 Å². The van der Waals surface area contributed by atoms with Gasteiger partial charge in [-0.2, -0.15) is 0 Å². The molecule has 2 nitrogen and oxygen atoms in total. The highest BCUT2D eigenvalue weighted by atomic mass is 32.2. The third-order valence-electron chi connectivity index (χ3n) is 3.10.